The van der Waals surface area contributed by atoms with E-state index in [-0.39, 0.29) is 5.91 Å². The van der Waals surface area contributed by atoms with E-state index in [1.807, 2.05) is 11.8 Å². The Morgan fingerprint density at radius 2 is 2.11 bits per heavy atom. The van der Waals surface area contributed by atoms with Gasteiger partial charge in [-0.15, -0.1) is 0 Å². The molecule has 2 rings (SSSR count). The van der Waals surface area contributed by atoms with E-state index in [1.54, 1.807) is 6.07 Å². The third-order valence-corrected chi connectivity index (χ3v) is 4.25. The van der Waals surface area contributed by atoms with Crippen LogP contribution in [0.1, 0.15) is 30.3 Å². The smallest absolute Gasteiger partial charge is 0.270 e. The van der Waals surface area contributed by atoms with Gasteiger partial charge in [-0.3, -0.25) is 4.79 Å². The Hall–Kier alpha value is -0.710. The van der Waals surface area contributed by atoms with Crippen molar-refractivity contribution < 1.29 is 4.79 Å². The molecule has 1 aromatic heterocycles. The van der Waals surface area contributed by atoms with Gasteiger partial charge in [0.05, 0.1) is 5.02 Å². The van der Waals surface area contributed by atoms with Crippen LogP contribution >= 0.6 is 23.2 Å². The first kappa shape index (κ1) is 14.7. The highest BCUT2D eigenvalue weighted by atomic mass is 35.5. The molecule has 1 aromatic rings. The minimum absolute atomic E-state index is 0.0326. The lowest BCUT2D eigenvalue weighted by Gasteiger charge is -2.29. The summed E-state index contributed by atoms with van der Waals surface area (Å²) in [5, 5.41) is 4.05. The van der Waals surface area contributed by atoms with E-state index in [0.29, 0.717) is 28.3 Å². The summed E-state index contributed by atoms with van der Waals surface area (Å²) in [6.45, 7) is 5.56. The second-order valence-electron chi connectivity index (χ2n) is 4.88. The van der Waals surface area contributed by atoms with E-state index >= 15 is 0 Å². The predicted octanol–water partition coefficient (Wildman–Crippen LogP) is 2.78. The molecule has 0 saturated carbocycles. The topological polar surface area (TPSA) is 48.1 Å². The Kier molecular flexibility index (Phi) is 5.13. The minimum atomic E-state index is -0.0326. The number of halogens is 2. The van der Waals surface area contributed by atoms with Crippen LogP contribution < -0.4 is 5.32 Å². The lowest BCUT2D eigenvalue weighted by molar-refractivity contribution is 0.0721. The Bertz CT molecular complexity index is 422. The van der Waals surface area contributed by atoms with Crippen LogP contribution in [0.2, 0.25) is 10.2 Å². The highest BCUT2D eigenvalue weighted by Crippen LogP contribution is 2.23. The standard InChI is InChI=1S/C13H19Cl2N3O/c1-2-18(8-9-3-5-16-6-4-9)13(19)11-7-10(14)12(15)17-11/h7,9,16-17H,2-6,8H2,1H3. The molecule has 106 valence electrons. The third kappa shape index (κ3) is 3.65. The molecular formula is C13H19Cl2N3O. The largest absolute Gasteiger partial charge is 0.340 e. The van der Waals surface area contributed by atoms with Gasteiger partial charge in [0, 0.05) is 13.1 Å². The SMILES string of the molecule is CCN(CC1CCNCC1)C(=O)c1cc(Cl)c(Cl)[nH]1. The molecule has 6 heteroatoms. The molecule has 1 amide bonds. The fraction of sp³-hybridized carbons (Fsp3) is 0.615. The zero-order valence-corrected chi connectivity index (χ0v) is 12.5. The highest BCUT2D eigenvalue weighted by Gasteiger charge is 2.22. The number of nitrogens with zero attached hydrogens (tertiary/aromatic N) is 1. The monoisotopic (exact) mass is 303 g/mol. The second-order valence-corrected chi connectivity index (χ2v) is 5.67. The third-order valence-electron chi connectivity index (χ3n) is 3.56. The summed E-state index contributed by atoms with van der Waals surface area (Å²) in [4.78, 5) is 17.1. The molecule has 19 heavy (non-hydrogen) atoms. The van der Waals surface area contributed by atoms with Crippen molar-refractivity contribution >= 4 is 29.1 Å². The molecule has 0 atom stereocenters. The van der Waals surface area contributed by atoms with Gasteiger partial charge < -0.3 is 15.2 Å². The molecular weight excluding hydrogens is 285 g/mol. The van der Waals surface area contributed by atoms with Crippen LogP contribution in [-0.4, -0.2) is 42.0 Å². The number of hydrogen-bond acceptors (Lipinski definition) is 2. The van der Waals surface area contributed by atoms with Gasteiger partial charge in [0.15, 0.2) is 0 Å². The van der Waals surface area contributed by atoms with E-state index in [9.17, 15) is 4.79 Å². The van der Waals surface area contributed by atoms with Crippen LogP contribution in [0.3, 0.4) is 0 Å². The maximum atomic E-state index is 12.4. The molecule has 1 fully saturated rings. The molecule has 0 bridgehead atoms. The Balaban J connectivity index is 2.01. The molecule has 2 N–H and O–H groups in total. The highest BCUT2D eigenvalue weighted by molar-refractivity contribution is 6.41. The lowest BCUT2D eigenvalue weighted by atomic mass is 9.97. The first-order valence-electron chi connectivity index (χ1n) is 6.65. The Morgan fingerprint density at radius 1 is 1.42 bits per heavy atom. The number of hydrogen-bond donors (Lipinski definition) is 2. The zero-order valence-electron chi connectivity index (χ0n) is 11.0. The van der Waals surface area contributed by atoms with Crippen molar-refractivity contribution in [3.63, 3.8) is 0 Å². The maximum Gasteiger partial charge on any atom is 0.270 e. The fourth-order valence-corrected chi connectivity index (χ4v) is 2.73. The van der Waals surface area contributed by atoms with E-state index in [4.69, 9.17) is 23.2 Å². The number of carbonyl (C=O) groups excluding carboxylic acids is 1. The quantitative estimate of drug-likeness (QED) is 0.898. The van der Waals surface area contributed by atoms with Crippen molar-refractivity contribution in [1.82, 2.24) is 15.2 Å². The number of rotatable bonds is 4. The summed E-state index contributed by atoms with van der Waals surface area (Å²) in [5.74, 6) is 0.542. The van der Waals surface area contributed by atoms with Crippen LogP contribution in [0.4, 0.5) is 0 Å². The average molecular weight is 304 g/mol. The number of amides is 1. The van der Waals surface area contributed by atoms with E-state index in [1.165, 1.54) is 0 Å². The van der Waals surface area contributed by atoms with Gasteiger partial charge in [0.25, 0.3) is 5.91 Å². The first-order chi connectivity index (χ1) is 9.11. The number of H-pyrrole nitrogens is 1. The van der Waals surface area contributed by atoms with Gasteiger partial charge in [-0.25, -0.2) is 0 Å². The van der Waals surface area contributed by atoms with Crippen LogP contribution in [0, 0.1) is 5.92 Å². The molecule has 1 aliphatic rings. The Morgan fingerprint density at radius 3 is 2.63 bits per heavy atom. The van der Waals surface area contributed by atoms with Gasteiger partial charge in [-0.05, 0) is 44.8 Å². The first-order valence-corrected chi connectivity index (χ1v) is 7.41. The zero-order chi connectivity index (χ0) is 13.8. The number of aromatic nitrogens is 1. The predicted molar refractivity (Wildman–Crippen MR) is 78.0 cm³/mol. The van der Waals surface area contributed by atoms with Crippen molar-refractivity contribution in [3.8, 4) is 0 Å². The molecule has 0 unspecified atom stereocenters. The molecule has 0 radical (unpaired) electrons. The molecule has 4 nitrogen and oxygen atoms in total. The van der Waals surface area contributed by atoms with E-state index in [0.717, 1.165) is 32.5 Å². The number of aromatic amines is 1. The van der Waals surface area contributed by atoms with Gasteiger partial charge in [-0.1, -0.05) is 23.2 Å². The minimum Gasteiger partial charge on any atom is -0.340 e. The molecule has 0 aliphatic carbocycles. The van der Waals surface area contributed by atoms with Crippen molar-refractivity contribution in [3.05, 3.63) is 21.9 Å². The molecule has 0 aromatic carbocycles. The van der Waals surface area contributed by atoms with Crippen molar-refractivity contribution in [1.29, 1.82) is 0 Å². The summed E-state index contributed by atoms with van der Waals surface area (Å²) in [6.07, 6.45) is 2.24. The van der Waals surface area contributed by atoms with Gasteiger partial charge in [0.1, 0.15) is 10.8 Å². The average Bonchev–Trinajstić information content (AvgIpc) is 2.76. The molecule has 0 spiro atoms. The fourth-order valence-electron chi connectivity index (χ4n) is 2.42. The van der Waals surface area contributed by atoms with Gasteiger partial charge >= 0.3 is 0 Å². The van der Waals surface area contributed by atoms with E-state index in [2.05, 4.69) is 10.3 Å². The molecule has 2 heterocycles. The number of nitrogens with one attached hydrogen (secondary N) is 2. The van der Waals surface area contributed by atoms with Crippen molar-refractivity contribution in [2.24, 2.45) is 5.92 Å². The number of piperidine rings is 1. The van der Waals surface area contributed by atoms with Crippen LogP contribution in [-0.2, 0) is 0 Å². The van der Waals surface area contributed by atoms with Gasteiger partial charge in [0.2, 0.25) is 0 Å². The summed E-state index contributed by atoms with van der Waals surface area (Å²) in [7, 11) is 0. The molecule has 1 aliphatic heterocycles. The van der Waals surface area contributed by atoms with Crippen molar-refractivity contribution in [2.45, 2.75) is 19.8 Å². The second kappa shape index (κ2) is 6.64. The van der Waals surface area contributed by atoms with Crippen molar-refractivity contribution in [2.75, 3.05) is 26.2 Å². The maximum absolute atomic E-state index is 12.4. The van der Waals surface area contributed by atoms with Gasteiger partial charge in [-0.2, -0.15) is 0 Å². The molecule has 1 saturated heterocycles. The van der Waals surface area contributed by atoms with Crippen LogP contribution in [0.25, 0.3) is 0 Å². The van der Waals surface area contributed by atoms with E-state index < -0.39 is 0 Å². The Labute approximate surface area is 123 Å². The summed E-state index contributed by atoms with van der Waals surface area (Å²) < 4.78 is 0. The summed E-state index contributed by atoms with van der Waals surface area (Å²) in [5.41, 5.74) is 0.464. The van der Waals surface area contributed by atoms with Crippen LogP contribution in [0.5, 0.6) is 0 Å². The normalized spacial score (nSPS) is 16.6. The van der Waals surface area contributed by atoms with Crippen LogP contribution in [0.15, 0.2) is 6.07 Å². The lowest BCUT2D eigenvalue weighted by Crippen LogP contribution is -2.39. The summed E-state index contributed by atoms with van der Waals surface area (Å²) in [6, 6.07) is 1.59. The number of carbonyl (C=O) groups is 1. The summed E-state index contributed by atoms with van der Waals surface area (Å²) >= 11 is 11.7.